The van der Waals surface area contributed by atoms with E-state index in [2.05, 4.69) is 14.9 Å². The van der Waals surface area contributed by atoms with Gasteiger partial charge in [0.2, 0.25) is 5.28 Å². The lowest BCUT2D eigenvalue weighted by Gasteiger charge is -2.29. The van der Waals surface area contributed by atoms with E-state index >= 15 is 0 Å². The topological polar surface area (TPSA) is 49.2 Å². The van der Waals surface area contributed by atoms with E-state index in [1.165, 1.54) is 25.7 Å². The van der Waals surface area contributed by atoms with Crippen molar-refractivity contribution in [2.45, 2.75) is 38.6 Å². The number of rotatable bonds is 4. The first-order valence-electron chi connectivity index (χ1n) is 6.09. The van der Waals surface area contributed by atoms with Crippen LogP contribution in [0.3, 0.4) is 0 Å². The third kappa shape index (κ3) is 3.07. The van der Waals surface area contributed by atoms with Crippen molar-refractivity contribution < 1.29 is 5.11 Å². The lowest BCUT2D eigenvalue weighted by Crippen LogP contribution is -2.36. The Bertz CT molecular complexity index is 360. The van der Waals surface area contributed by atoms with Gasteiger partial charge < -0.3 is 10.0 Å². The number of aromatic nitrogens is 2. The standard InChI is InChI=1S/C12H18ClN3O/c1-9-8-11(15-12(13)14-9)16(6-7-17)10-4-2-3-5-10/h8,10,17H,2-7H2,1H3. The molecule has 1 N–H and O–H groups in total. The fourth-order valence-corrected chi connectivity index (χ4v) is 2.69. The normalized spacial score (nSPS) is 16.4. The number of aliphatic hydroxyl groups is 1. The van der Waals surface area contributed by atoms with E-state index in [0.717, 1.165) is 11.5 Å². The van der Waals surface area contributed by atoms with Crippen LogP contribution in [0, 0.1) is 6.92 Å². The Kier molecular flexibility index (Phi) is 4.18. The van der Waals surface area contributed by atoms with Gasteiger partial charge in [-0.15, -0.1) is 0 Å². The molecule has 0 unspecified atom stereocenters. The van der Waals surface area contributed by atoms with Crippen LogP contribution >= 0.6 is 11.6 Å². The van der Waals surface area contributed by atoms with Crippen LogP contribution in [0.2, 0.25) is 5.28 Å². The highest BCUT2D eigenvalue weighted by Crippen LogP contribution is 2.27. The average Bonchev–Trinajstić information content (AvgIpc) is 2.77. The van der Waals surface area contributed by atoms with Crippen molar-refractivity contribution in [1.82, 2.24) is 9.97 Å². The number of aliphatic hydroxyl groups excluding tert-OH is 1. The van der Waals surface area contributed by atoms with Crippen LogP contribution in [0.4, 0.5) is 5.82 Å². The Morgan fingerprint density at radius 2 is 2.12 bits per heavy atom. The molecule has 0 aromatic carbocycles. The third-order valence-corrected chi connectivity index (χ3v) is 3.38. The van der Waals surface area contributed by atoms with Gasteiger partial charge in [0.15, 0.2) is 0 Å². The molecule has 0 radical (unpaired) electrons. The van der Waals surface area contributed by atoms with Gasteiger partial charge in [-0.3, -0.25) is 0 Å². The quantitative estimate of drug-likeness (QED) is 0.838. The molecule has 1 saturated carbocycles. The van der Waals surface area contributed by atoms with E-state index < -0.39 is 0 Å². The minimum Gasteiger partial charge on any atom is -0.395 e. The first-order chi connectivity index (χ1) is 8.20. The maximum atomic E-state index is 9.18. The summed E-state index contributed by atoms with van der Waals surface area (Å²) < 4.78 is 0. The molecule has 0 spiro atoms. The van der Waals surface area contributed by atoms with E-state index in [1.54, 1.807) is 0 Å². The second-order valence-electron chi connectivity index (χ2n) is 4.49. The van der Waals surface area contributed by atoms with Crippen LogP contribution in [-0.4, -0.2) is 34.3 Å². The number of halogens is 1. The third-order valence-electron chi connectivity index (χ3n) is 3.21. The highest BCUT2D eigenvalue weighted by molar-refractivity contribution is 6.28. The molecule has 1 aromatic heterocycles. The fraction of sp³-hybridized carbons (Fsp3) is 0.667. The number of hydrogen-bond donors (Lipinski definition) is 1. The van der Waals surface area contributed by atoms with E-state index in [-0.39, 0.29) is 11.9 Å². The smallest absolute Gasteiger partial charge is 0.224 e. The summed E-state index contributed by atoms with van der Waals surface area (Å²) in [5.41, 5.74) is 0.862. The maximum Gasteiger partial charge on any atom is 0.224 e. The van der Waals surface area contributed by atoms with Gasteiger partial charge in [-0.05, 0) is 31.4 Å². The number of nitrogens with zero attached hydrogens (tertiary/aromatic N) is 3. The van der Waals surface area contributed by atoms with Crippen LogP contribution in [0.1, 0.15) is 31.4 Å². The molecule has 1 aromatic rings. The van der Waals surface area contributed by atoms with E-state index in [0.29, 0.717) is 12.6 Å². The number of anilines is 1. The fourth-order valence-electron chi connectivity index (χ4n) is 2.47. The summed E-state index contributed by atoms with van der Waals surface area (Å²) in [6, 6.07) is 2.41. The van der Waals surface area contributed by atoms with Crippen molar-refractivity contribution in [3.63, 3.8) is 0 Å². The van der Waals surface area contributed by atoms with Crippen molar-refractivity contribution >= 4 is 17.4 Å². The first-order valence-corrected chi connectivity index (χ1v) is 6.47. The molecule has 0 bridgehead atoms. The Balaban J connectivity index is 2.24. The molecule has 0 atom stereocenters. The van der Waals surface area contributed by atoms with Gasteiger partial charge in [0.1, 0.15) is 5.82 Å². The molecule has 1 aliphatic rings. The van der Waals surface area contributed by atoms with Crippen LogP contribution in [0.5, 0.6) is 0 Å². The van der Waals surface area contributed by atoms with E-state index in [9.17, 15) is 5.11 Å². The summed E-state index contributed by atoms with van der Waals surface area (Å²) in [6.07, 6.45) is 4.84. The van der Waals surface area contributed by atoms with Crippen molar-refractivity contribution in [2.75, 3.05) is 18.1 Å². The van der Waals surface area contributed by atoms with Crippen LogP contribution in [-0.2, 0) is 0 Å². The zero-order valence-corrected chi connectivity index (χ0v) is 10.8. The Hall–Kier alpha value is -0.870. The molecule has 1 heterocycles. The molecule has 1 aliphatic carbocycles. The molecule has 0 saturated heterocycles. The van der Waals surface area contributed by atoms with Gasteiger partial charge in [-0.25, -0.2) is 9.97 Å². The average molecular weight is 256 g/mol. The number of aryl methyl sites for hydroxylation is 1. The van der Waals surface area contributed by atoms with Gasteiger partial charge in [-0.1, -0.05) is 12.8 Å². The van der Waals surface area contributed by atoms with Gasteiger partial charge >= 0.3 is 0 Å². The van der Waals surface area contributed by atoms with Gasteiger partial charge in [-0.2, -0.15) is 0 Å². The SMILES string of the molecule is Cc1cc(N(CCO)C2CCCC2)nc(Cl)n1. The van der Waals surface area contributed by atoms with E-state index in [1.807, 2.05) is 13.0 Å². The molecule has 4 nitrogen and oxygen atoms in total. The predicted octanol–water partition coefficient (Wildman–Crippen LogP) is 2.18. The highest BCUT2D eigenvalue weighted by Gasteiger charge is 2.23. The molecule has 94 valence electrons. The second-order valence-corrected chi connectivity index (χ2v) is 4.83. The monoisotopic (exact) mass is 255 g/mol. The lowest BCUT2D eigenvalue weighted by molar-refractivity contribution is 0.297. The molecule has 2 rings (SSSR count). The van der Waals surface area contributed by atoms with Crippen molar-refractivity contribution in [3.05, 3.63) is 17.0 Å². The maximum absolute atomic E-state index is 9.18. The van der Waals surface area contributed by atoms with Gasteiger partial charge in [0.25, 0.3) is 0 Å². The van der Waals surface area contributed by atoms with Crippen LogP contribution < -0.4 is 4.90 Å². The van der Waals surface area contributed by atoms with Gasteiger partial charge in [0.05, 0.1) is 6.61 Å². The summed E-state index contributed by atoms with van der Waals surface area (Å²) >= 11 is 5.89. The summed E-state index contributed by atoms with van der Waals surface area (Å²) in [6.45, 7) is 2.65. The summed E-state index contributed by atoms with van der Waals surface area (Å²) in [5, 5.41) is 9.46. The van der Waals surface area contributed by atoms with Crippen molar-refractivity contribution in [3.8, 4) is 0 Å². The Morgan fingerprint density at radius 1 is 1.41 bits per heavy atom. The Morgan fingerprint density at radius 3 is 2.71 bits per heavy atom. The molecule has 17 heavy (non-hydrogen) atoms. The molecule has 0 aliphatic heterocycles. The highest BCUT2D eigenvalue weighted by atomic mass is 35.5. The van der Waals surface area contributed by atoms with Crippen LogP contribution in [0.15, 0.2) is 6.07 Å². The zero-order chi connectivity index (χ0) is 12.3. The second kappa shape index (κ2) is 5.65. The molecular formula is C12H18ClN3O. The Labute approximate surface area is 107 Å². The largest absolute Gasteiger partial charge is 0.395 e. The summed E-state index contributed by atoms with van der Waals surface area (Å²) in [7, 11) is 0. The first kappa shape index (κ1) is 12.6. The molecule has 5 heteroatoms. The minimum absolute atomic E-state index is 0.136. The van der Waals surface area contributed by atoms with Crippen molar-refractivity contribution in [2.24, 2.45) is 0 Å². The minimum atomic E-state index is 0.136. The number of hydrogen-bond acceptors (Lipinski definition) is 4. The summed E-state index contributed by atoms with van der Waals surface area (Å²) in [4.78, 5) is 10.5. The summed E-state index contributed by atoms with van der Waals surface area (Å²) in [5.74, 6) is 0.837. The predicted molar refractivity (Wildman–Crippen MR) is 68.5 cm³/mol. The molecule has 0 amide bonds. The lowest BCUT2D eigenvalue weighted by atomic mass is 10.2. The molecular weight excluding hydrogens is 238 g/mol. The van der Waals surface area contributed by atoms with E-state index in [4.69, 9.17) is 11.6 Å². The van der Waals surface area contributed by atoms with Crippen LogP contribution in [0.25, 0.3) is 0 Å². The molecule has 1 fully saturated rings. The zero-order valence-electron chi connectivity index (χ0n) is 10.1. The van der Waals surface area contributed by atoms with Gasteiger partial charge in [0, 0.05) is 24.3 Å². The van der Waals surface area contributed by atoms with Crippen molar-refractivity contribution in [1.29, 1.82) is 0 Å².